The molecule has 0 bridgehead atoms. The number of likely N-dealkylation sites (tertiary alicyclic amines) is 1. The number of amides is 1. The Morgan fingerprint density at radius 1 is 1.37 bits per heavy atom. The van der Waals surface area contributed by atoms with Gasteiger partial charge in [-0.3, -0.25) is 9.69 Å². The minimum Gasteiger partial charge on any atom is -0.496 e. The monoisotopic (exact) mass is 444 g/mol. The lowest BCUT2D eigenvalue weighted by atomic mass is 9.93. The van der Waals surface area contributed by atoms with Crippen molar-refractivity contribution in [3.05, 3.63) is 23.3 Å². The third kappa shape index (κ3) is 4.43. The largest absolute Gasteiger partial charge is 0.496 e. The summed E-state index contributed by atoms with van der Waals surface area (Å²) in [6.45, 7) is 3.11. The zero-order valence-electron chi connectivity index (χ0n) is 17.1. The highest BCUT2D eigenvalue weighted by Gasteiger charge is 2.47. The molecule has 2 aliphatic heterocycles. The van der Waals surface area contributed by atoms with Crippen molar-refractivity contribution in [3.63, 3.8) is 0 Å². The van der Waals surface area contributed by atoms with Crippen LogP contribution in [-0.4, -0.2) is 62.6 Å². The second-order valence-corrected chi connectivity index (χ2v) is 9.15. The van der Waals surface area contributed by atoms with Gasteiger partial charge in [-0.15, -0.1) is 11.8 Å². The number of carbonyl (C=O) groups excluding carboxylic acids is 1. The van der Waals surface area contributed by atoms with E-state index < -0.39 is 17.6 Å². The van der Waals surface area contributed by atoms with E-state index in [1.165, 1.54) is 20.0 Å². The van der Waals surface area contributed by atoms with E-state index in [2.05, 4.69) is 10.2 Å². The molecule has 1 amide bonds. The zero-order valence-corrected chi connectivity index (χ0v) is 17.9. The Kier molecular flexibility index (Phi) is 6.23. The van der Waals surface area contributed by atoms with Crippen molar-refractivity contribution in [2.24, 2.45) is 11.8 Å². The number of nitrogens with zero attached hydrogens (tertiary/aromatic N) is 1. The molecule has 2 saturated heterocycles. The van der Waals surface area contributed by atoms with Gasteiger partial charge in [0.2, 0.25) is 0 Å². The molecule has 166 valence electrons. The van der Waals surface area contributed by atoms with Crippen LogP contribution < -0.4 is 10.1 Å². The van der Waals surface area contributed by atoms with Gasteiger partial charge < -0.3 is 14.8 Å². The summed E-state index contributed by atoms with van der Waals surface area (Å²) in [6.07, 6.45) is 0.534. The number of piperidine rings is 1. The highest BCUT2D eigenvalue weighted by molar-refractivity contribution is 7.98. The van der Waals surface area contributed by atoms with E-state index in [4.69, 9.17) is 9.47 Å². The first-order chi connectivity index (χ1) is 14.3. The summed E-state index contributed by atoms with van der Waals surface area (Å²) in [5.74, 6) is 0.620. The predicted molar refractivity (Wildman–Crippen MR) is 108 cm³/mol. The van der Waals surface area contributed by atoms with Crippen molar-refractivity contribution in [2.45, 2.75) is 42.4 Å². The molecule has 4 atom stereocenters. The molecule has 1 N–H and O–H groups in total. The van der Waals surface area contributed by atoms with Crippen molar-refractivity contribution in [1.82, 2.24) is 10.2 Å². The van der Waals surface area contributed by atoms with Crippen LogP contribution in [0, 0.1) is 11.8 Å². The second kappa shape index (κ2) is 8.59. The van der Waals surface area contributed by atoms with E-state index in [0.29, 0.717) is 19.3 Å². The molecule has 1 aromatic rings. The highest BCUT2D eigenvalue weighted by atomic mass is 32.2. The van der Waals surface area contributed by atoms with Gasteiger partial charge in [0.05, 0.1) is 30.9 Å². The summed E-state index contributed by atoms with van der Waals surface area (Å²) < 4.78 is 50.4. The van der Waals surface area contributed by atoms with Crippen LogP contribution in [0.4, 0.5) is 13.2 Å². The fraction of sp³-hybridized carbons (Fsp3) is 0.667. The number of benzene rings is 1. The molecule has 0 aromatic heterocycles. The van der Waals surface area contributed by atoms with Crippen molar-refractivity contribution in [2.75, 3.05) is 39.7 Å². The van der Waals surface area contributed by atoms with Crippen LogP contribution in [-0.2, 0) is 10.9 Å². The molecule has 3 unspecified atom stereocenters. The first kappa shape index (κ1) is 21.8. The van der Waals surface area contributed by atoms with Gasteiger partial charge in [0.15, 0.2) is 0 Å². The van der Waals surface area contributed by atoms with Crippen LogP contribution in [0.2, 0.25) is 0 Å². The number of rotatable bonds is 6. The molecule has 1 aliphatic carbocycles. The van der Waals surface area contributed by atoms with Crippen LogP contribution >= 0.6 is 11.8 Å². The van der Waals surface area contributed by atoms with E-state index in [0.717, 1.165) is 49.3 Å². The number of fused-ring (bicyclic) bond motifs is 1. The molecule has 0 spiro atoms. The third-order valence-electron chi connectivity index (χ3n) is 6.49. The molecule has 1 aromatic carbocycles. The van der Waals surface area contributed by atoms with Gasteiger partial charge in [-0.2, -0.15) is 13.2 Å². The maximum atomic E-state index is 13.2. The molecule has 3 fully saturated rings. The lowest BCUT2D eigenvalue weighted by Crippen LogP contribution is -2.50. The maximum Gasteiger partial charge on any atom is 0.416 e. The van der Waals surface area contributed by atoms with E-state index in [9.17, 15) is 18.0 Å². The summed E-state index contributed by atoms with van der Waals surface area (Å²) >= 11 is 1.10. The summed E-state index contributed by atoms with van der Waals surface area (Å²) in [7, 11) is 1.28. The molecule has 30 heavy (non-hydrogen) atoms. The molecule has 0 radical (unpaired) electrons. The summed E-state index contributed by atoms with van der Waals surface area (Å²) in [5.41, 5.74) is -0.682. The van der Waals surface area contributed by atoms with E-state index >= 15 is 0 Å². The maximum absolute atomic E-state index is 13.2. The van der Waals surface area contributed by atoms with Gasteiger partial charge in [-0.1, -0.05) is 0 Å². The molecular formula is C21H27F3N2O3S. The van der Waals surface area contributed by atoms with Gasteiger partial charge >= 0.3 is 6.18 Å². The summed E-state index contributed by atoms with van der Waals surface area (Å²) in [5, 5.41) is 3.03. The number of alkyl halides is 3. The van der Waals surface area contributed by atoms with Crippen molar-refractivity contribution in [3.8, 4) is 5.75 Å². The van der Waals surface area contributed by atoms with Crippen LogP contribution in [0.15, 0.2) is 17.0 Å². The quantitative estimate of drug-likeness (QED) is 0.679. The van der Waals surface area contributed by atoms with Gasteiger partial charge in [0, 0.05) is 24.1 Å². The molecule has 5 nitrogen and oxygen atoms in total. The number of thioether (sulfide) groups is 1. The fourth-order valence-electron chi connectivity index (χ4n) is 4.71. The van der Waals surface area contributed by atoms with Crippen LogP contribution in [0.5, 0.6) is 5.75 Å². The lowest BCUT2D eigenvalue weighted by molar-refractivity contribution is -0.137. The lowest BCUT2D eigenvalue weighted by Gasteiger charge is -2.35. The number of ether oxygens (including phenoxy) is 2. The minimum absolute atomic E-state index is 0.0692. The molecule has 2 heterocycles. The van der Waals surface area contributed by atoms with Crippen molar-refractivity contribution >= 4 is 17.7 Å². The molecular weight excluding hydrogens is 417 g/mol. The number of halogens is 3. The molecule has 4 rings (SSSR count). The topological polar surface area (TPSA) is 50.8 Å². The Bertz CT molecular complexity index is 779. The summed E-state index contributed by atoms with van der Waals surface area (Å²) in [4.78, 5) is 15.9. The minimum atomic E-state index is -4.51. The van der Waals surface area contributed by atoms with Crippen LogP contribution in [0.1, 0.15) is 35.2 Å². The SMILES string of the molecule is COc1cc(C(F)(F)F)cc(SC)c1C(=O)N[C@@H]1COCCC1CN1CCC2CC21. The Hall–Kier alpha value is -1.45. The van der Waals surface area contributed by atoms with Crippen molar-refractivity contribution < 1.29 is 27.4 Å². The first-order valence-electron chi connectivity index (χ1n) is 10.3. The van der Waals surface area contributed by atoms with E-state index in [-0.39, 0.29) is 28.2 Å². The smallest absolute Gasteiger partial charge is 0.416 e. The number of methoxy groups -OCH3 is 1. The average molecular weight is 445 g/mol. The first-order valence-corrected chi connectivity index (χ1v) is 11.5. The Morgan fingerprint density at radius 3 is 2.77 bits per heavy atom. The Morgan fingerprint density at radius 2 is 2.17 bits per heavy atom. The third-order valence-corrected chi connectivity index (χ3v) is 7.25. The number of nitrogens with one attached hydrogen (secondary N) is 1. The fourth-order valence-corrected chi connectivity index (χ4v) is 5.36. The Labute approximate surface area is 178 Å². The molecule has 9 heteroatoms. The van der Waals surface area contributed by atoms with Crippen LogP contribution in [0.25, 0.3) is 0 Å². The molecule has 1 saturated carbocycles. The zero-order chi connectivity index (χ0) is 21.5. The highest BCUT2D eigenvalue weighted by Crippen LogP contribution is 2.45. The standard InChI is InChI=1S/C21H27F3N2O3S/c1-28-17-8-14(21(22,23)24)9-18(30-2)19(17)20(27)25-15-11-29-6-4-13(15)10-26-5-3-12-7-16(12)26/h8-9,12-13,15-16H,3-7,10-11H2,1-2H3,(H,25,27)/t12?,13?,15-,16?/m1/s1. The number of hydrogen-bond donors (Lipinski definition) is 1. The second-order valence-electron chi connectivity index (χ2n) is 8.30. The number of hydrogen-bond acceptors (Lipinski definition) is 5. The Balaban J connectivity index is 1.52. The van der Waals surface area contributed by atoms with E-state index in [1.54, 1.807) is 6.26 Å². The van der Waals surface area contributed by atoms with E-state index in [1.807, 2.05) is 0 Å². The van der Waals surface area contributed by atoms with Crippen molar-refractivity contribution in [1.29, 1.82) is 0 Å². The molecule has 3 aliphatic rings. The van der Waals surface area contributed by atoms with Gasteiger partial charge in [0.25, 0.3) is 5.91 Å². The average Bonchev–Trinajstić information content (AvgIpc) is 3.40. The van der Waals surface area contributed by atoms with Gasteiger partial charge in [-0.25, -0.2) is 0 Å². The van der Waals surface area contributed by atoms with Gasteiger partial charge in [-0.05, 0) is 56.0 Å². The normalized spacial score (nSPS) is 28.8. The number of carbonyl (C=O) groups is 1. The van der Waals surface area contributed by atoms with Gasteiger partial charge in [0.1, 0.15) is 5.75 Å². The predicted octanol–water partition coefficient (Wildman–Crippen LogP) is 3.67. The van der Waals surface area contributed by atoms with Crippen LogP contribution in [0.3, 0.4) is 0 Å². The summed E-state index contributed by atoms with van der Waals surface area (Å²) in [6, 6.07) is 2.42.